The Kier molecular flexibility index (Phi) is 8.51. The summed E-state index contributed by atoms with van der Waals surface area (Å²) in [5.41, 5.74) is -0.0345. The minimum absolute atomic E-state index is 0.0412. The highest BCUT2D eigenvalue weighted by molar-refractivity contribution is 5.94. The van der Waals surface area contributed by atoms with Gasteiger partial charge in [-0.2, -0.15) is 13.2 Å². The average Bonchev–Trinajstić information content (AvgIpc) is 2.87. The number of hydrogen-bond acceptors (Lipinski definition) is 4. The molecule has 3 rings (SSSR count). The molecule has 186 valence electrons. The van der Waals surface area contributed by atoms with Crippen molar-refractivity contribution >= 4 is 17.4 Å². The van der Waals surface area contributed by atoms with E-state index in [0.717, 1.165) is 11.6 Å². The molecule has 1 aliphatic rings. The number of methoxy groups -OCH3 is 1. The number of ether oxygens (including phenoxy) is 2. The normalized spacial score (nSPS) is 18.5. The van der Waals surface area contributed by atoms with Crippen molar-refractivity contribution in [3.63, 3.8) is 0 Å². The Hall–Kier alpha value is -3.39. The maximum atomic E-state index is 14.2. The molecule has 2 atom stereocenters. The Balaban J connectivity index is 1.73. The van der Waals surface area contributed by atoms with E-state index >= 15 is 0 Å². The summed E-state index contributed by atoms with van der Waals surface area (Å²) in [6, 6.07) is 15.4. The lowest BCUT2D eigenvalue weighted by Gasteiger charge is -2.37. The van der Waals surface area contributed by atoms with Gasteiger partial charge in [0.1, 0.15) is 0 Å². The summed E-state index contributed by atoms with van der Waals surface area (Å²) < 4.78 is 52.9. The fraction of sp³-hybridized carbons (Fsp3) is 0.333. The van der Waals surface area contributed by atoms with Crippen molar-refractivity contribution in [3.05, 3.63) is 89.5 Å². The highest BCUT2D eigenvalue weighted by Gasteiger charge is 2.55. The Bertz CT molecular complexity index is 1080. The number of allylic oxidation sites excluding steroid dienone is 2. The van der Waals surface area contributed by atoms with Gasteiger partial charge in [0, 0.05) is 18.5 Å². The first-order chi connectivity index (χ1) is 16.7. The van der Waals surface area contributed by atoms with Gasteiger partial charge in [0.2, 0.25) is 0 Å². The molecule has 0 saturated carbocycles. The van der Waals surface area contributed by atoms with Crippen LogP contribution in [0.3, 0.4) is 0 Å². The molecule has 1 amide bonds. The molecule has 0 heterocycles. The number of amides is 1. The lowest BCUT2D eigenvalue weighted by molar-refractivity contribution is -0.271. The van der Waals surface area contributed by atoms with Gasteiger partial charge < -0.3 is 14.8 Å². The summed E-state index contributed by atoms with van der Waals surface area (Å²) in [5, 5.41) is 2.60. The van der Waals surface area contributed by atoms with Crippen LogP contribution in [0.15, 0.2) is 72.8 Å². The second-order valence-corrected chi connectivity index (χ2v) is 8.17. The van der Waals surface area contributed by atoms with E-state index in [-0.39, 0.29) is 19.4 Å². The van der Waals surface area contributed by atoms with Gasteiger partial charge in [-0.15, -0.1) is 0 Å². The molecule has 35 heavy (non-hydrogen) atoms. The number of halogens is 3. The van der Waals surface area contributed by atoms with Crippen molar-refractivity contribution in [2.24, 2.45) is 0 Å². The summed E-state index contributed by atoms with van der Waals surface area (Å²) in [6.45, 7) is 1.87. The van der Waals surface area contributed by atoms with Crippen LogP contribution in [-0.4, -0.2) is 37.3 Å². The lowest BCUT2D eigenvalue weighted by Crippen LogP contribution is -2.47. The number of nitrogens with one attached hydrogen (secondary N) is 1. The van der Waals surface area contributed by atoms with Gasteiger partial charge in [0.25, 0.3) is 5.91 Å². The summed E-state index contributed by atoms with van der Waals surface area (Å²) in [5.74, 6) is -0.834. The molecule has 0 aliphatic heterocycles. The van der Waals surface area contributed by atoms with Gasteiger partial charge in [-0.3, -0.25) is 9.59 Å². The van der Waals surface area contributed by atoms with Gasteiger partial charge in [-0.1, -0.05) is 61.5 Å². The van der Waals surface area contributed by atoms with Crippen LogP contribution in [0.1, 0.15) is 53.8 Å². The van der Waals surface area contributed by atoms with Gasteiger partial charge in [0.15, 0.2) is 5.60 Å². The standard InChI is InChI=1S/C27H28F3NO4/c1-3-23(21-9-11-22(12-10-21)25(33)31-18-15-24(32)34-2)35-26(27(28,29)30)16-13-20(14-17-26)19-7-5-4-6-8-19/h4-14,16,23H,3,15,17-18H2,1-2H3,(H,31,33). The zero-order valence-corrected chi connectivity index (χ0v) is 19.6. The molecule has 2 unspecified atom stereocenters. The SMILES string of the molecule is CCC(OC1(C(F)(F)F)C=CC(c2ccccc2)=CC1)c1ccc(C(=O)NCCC(=O)OC)cc1. The first kappa shape index (κ1) is 26.2. The van der Waals surface area contributed by atoms with Crippen molar-refractivity contribution in [3.8, 4) is 0 Å². The molecule has 2 aromatic carbocycles. The van der Waals surface area contributed by atoms with Crippen molar-refractivity contribution < 1.29 is 32.2 Å². The predicted octanol–water partition coefficient (Wildman–Crippen LogP) is 5.79. The fourth-order valence-electron chi connectivity index (χ4n) is 3.80. The van der Waals surface area contributed by atoms with E-state index in [9.17, 15) is 22.8 Å². The average molecular weight is 488 g/mol. The second kappa shape index (κ2) is 11.4. The van der Waals surface area contributed by atoms with Crippen LogP contribution in [0.25, 0.3) is 5.57 Å². The Morgan fingerprint density at radius 3 is 2.31 bits per heavy atom. The molecule has 0 spiro atoms. The van der Waals surface area contributed by atoms with Crippen LogP contribution < -0.4 is 5.32 Å². The Labute approximate surface area is 202 Å². The summed E-state index contributed by atoms with van der Waals surface area (Å²) >= 11 is 0. The molecule has 8 heteroatoms. The third-order valence-corrected chi connectivity index (χ3v) is 5.85. The molecule has 0 radical (unpaired) electrons. The third-order valence-electron chi connectivity index (χ3n) is 5.85. The number of rotatable bonds is 9. The number of alkyl halides is 3. The molecular formula is C27H28F3NO4. The summed E-state index contributed by atoms with van der Waals surface area (Å²) in [6.07, 6.45) is -1.32. The maximum Gasteiger partial charge on any atom is 0.421 e. The minimum atomic E-state index is -4.62. The number of carbonyl (C=O) groups excluding carboxylic acids is 2. The van der Waals surface area contributed by atoms with E-state index in [0.29, 0.717) is 23.1 Å². The first-order valence-corrected chi connectivity index (χ1v) is 11.3. The van der Waals surface area contributed by atoms with E-state index in [1.54, 1.807) is 25.1 Å². The molecule has 1 aliphatic carbocycles. The van der Waals surface area contributed by atoms with Crippen LogP contribution in [0.2, 0.25) is 0 Å². The van der Waals surface area contributed by atoms with Crippen LogP contribution >= 0.6 is 0 Å². The number of hydrogen-bond donors (Lipinski definition) is 1. The van der Waals surface area contributed by atoms with Gasteiger partial charge in [0.05, 0.1) is 19.6 Å². The van der Waals surface area contributed by atoms with E-state index in [1.807, 2.05) is 30.3 Å². The molecule has 5 nitrogen and oxygen atoms in total. The first-order valence-electron chi connectivity index (χ1n) is 11.3. The van der Waals surface area contributed by atoms with Crippen LogP contribution in [0.5, 0.6) is 0 Å². The van der Waals surface area contributed by atoms with E-state index < -0.39 is 29.8 Å². The molecule has 1 N–H and O–H groups in total. The van der Waals surface area contributed by atoms with Crippen LogP contribution in [-0.2, 0) is 14.3 Å². The van der Waals surface area contributed by atoms with E-state index in [2.05, 4.69) is 10.1 Å². The topological polar surface area (TPSA) is 64.6 Å². The molecule has 0 saturated heterocycles. The highest BCUT2D eigenvalue weighted by Crippen LogP contribution is 2.45. The molecule has 0 fully saturated rings. The molecule has 0 aromatic heterocycles. The number of esters is 1. The third kappa shape index (κ3) is 6.39. The van der Waals surface area contributed by atoms with Gasteiger partial charge in [-0.25, -0.2) is 0 Å². The maximum absolute atomic E-state index is 14.2. The Morgan fingerprint density at radius 1 is 1.09 bits per heavy atom. The van der Waals surface area contributed by atoms with Gasteiger partial charge >= 0.3 is 12.1 Å². The quantitative estimate of drug-likeness (QED) is 0.455. The summed E-state index contributed by atoms with van der Waals surface area (Å²) in [7, 11) is 1.26. The molecule has 2 aromatic rings. The Morgan fingerprint density at radius 2 is 1.77 bits per heavy atom. The van der Waals surface area contributed by atoms with Crippen LogP contribution in [0.4, 0.5) is 13.2 Å². The number of benzene rings is 2. The fourth-order valence-corrected chi connectivity index (χ4v) is 3.80. The largest absolute Gasteiger partial charge is 0.469 e. The van der Waals surface area contributed by atoms with Crippen molar-refractivity contribution in [1.29, 1.82) is 0 Å². The van der Waals surface area contributed by atoms with Crippen molar-refractivity contribution in [2.75, 3.05) is 13.7 Å². The van der Waals surface area contributed by atoms with Gasteiger partial charge in [-0.05, 0) is 41.3 Å². The zero-order valence-electron chi connectivity index (χ0n) is 19.6. The monoisotopic (exact) mass is 487 g/mol. The van der Waals surface area contributed by atoms with Crippen LogP contribution in [0, 0.1) is 0 Å². The second-order valence-electron chi connectivity index (χ2n) is 8.17. The van der Waals surface area contributed by atoms with Crippen molar-refractivity contribution in [2.45, 2.75) is 44.1 Å². The smallest absolute Gasteiger partial charge is 0.421 e. The lowest BCUT2D eigenvalue weighted by atomic mass is 9.88. The molecular weight excluding hydrogens is 459 g/mol. The molecule has 0 bridgehead atoms. The van der Waals surface area contributed by atoms with E-state index in [4.69, 9.17) is 4.74 Å². The minimum Gasteiger partial charge on any atom is -0.469 e. The van der Waals surface area contributed by atoms with Crippen molar-refractivity contribution in [1.82, 2.24) is 5.32 Å². The van der Waals surface area contributed by atoms with E-state index in [1.165, 1.54) is 25.3 Å². The highest BCUT2D eigenvalue weighted by atomic mass is 19.4. The zero-order chi connectivity index (χ0) is 25.5. The summed E-state index contributed by atoms with van der Waals surface area (Å²) in [4.78, 5) is 23.4. The predicted molar refractivity (Wildman–Crippen MR) is 126 cm³/mol. The number of carbonyl (C=O) groups is 2.